The Morgan fingerprint density at radius 1 is 0.852 bits per heavy atom. The normalized spacial score (nSPS) is 11.7. The van der Waals surface area contributed by atoms with Crippen molar-refractivity contribution >= 4 is 17.5 Å². The molecule has 0 radical (unpaired) electrons. The molecule has 0 bridgehead atoms. The number of benzene rings is 2. The number of carbonyl (C=O) groups is 3. The van der Waals surface area contributed by atoms with Gasteiger partial charge in [0.05, 0.1) is 6.04 Å². The van der Waals surface area contributed by atoms with Gasteiger partial charge in [-0.15, -0.1) is 0 Å². The lowest BCUT2D eigenvalue weighted by molar-refractivity contribution is -0.130. The third-order valence-electron chi connectivity index (χ3n) is 5.08. The highest BCUT2D eigenvalue weighted by Gasteiger charge is 2.24. The van der Waals surface area contributed by atoms with Crippen LogP contribution in [0.5, 0.6) is 0 Å². The molecule has 1 unspecified atom stereocenters. The van der Waals surface area contributed by atoms with Gasteiger partial charge in [-0.2, -0.15) is 0 Å². The second-order valence-corrected chi connectivity index (χ2v) is 7.13. The van der Waals surface area contributed by atoms with Crippen LogP contribution in [0.1, 0.15) is 57.2 Å². The third-order valence-corrected chi connectivity index (χ3v) is 5.08. The number of ketones is 2. The van der Waals surface area contributed by atoms with Crippen molar-refractivity contribution in [3.05, 3.63) is 70.3 Å². The molecule has 0 saturated carbocycles. The highest BCUT2D eigenvalue weighted by molar-refractivity contribution is 6.02. The van der Waals surface area contributed by atoms with Crippen LogP contribution in [0.3, 0.4) is 0 Å². The molecular formula is C23H27NO3. The molecule has 0 aliphatic rings. The van der Waals surface area contributed by atoms with Crippen LogP contribution in [0, 0.1) is 20.8 Å². The van der Waals surface area contributed by atoms with Gasteiger partial charge in [0.15, 0.2) is 11.6 Å². The van der Waals surface area contributed by atoms with Crippen LogP contribution >= 0.6 is 0 Å². The summed E-state index contributed by atoms with van der Waals surface area (Å²) in [5.41, 5.74) is 4.46. The van der Waals surface area contributed by atoms with Crippen molar-refractivity contribution in [1.82, 2.24) is 4.90 Å². The van der Waals surface area contributed by atoms with E-state index in [1.165, 1.54) is 4.90 Å². The van der Waals surface area contributed by atoms with Crippen molar-refractivity contribution in [3.63, 3.8) is 0 Å². The standard InChI is InChI=1S/C23H27NO3/c1-15-6-9-19(10-7-15)21(25)12-13-22(26)24(5)18(4)23(27)20-11-8-16(2)17(3)14-20/h6-11,14,18H,12-13H2,1-5H3. The Balaban J connectivity index is 1.96. The quantitative estimate of drug-likeness (QED) is 0.687. The number of hydrogen-bond donors (Lipinski definition) is 0. The van der Waals surface area contributed by atoms with Gasteiger partial charge < -0.3 is 4.90 Å². The molecule has 4 nitrogen and oxygen atoms in total. The van der Waals surface area contributed by atoms with Crippen molar-refractivity contribution < 1.29 is 14.4 Å². The molecule has 0 spiro atoms. The van der Waals surface area contributed by atoms with Gasteiger partial charge in [0.2, 0.25) is 5.91 Å². The maximum atomic E-state index is 12.7. The van der Waals surface area contributed by atoms with Gasteiger partial charge in [-0.1, -0.05) is 42.0 Å². The highest BCUT2D eigenvalue weighted by atomic mass is 16.2. The molecule has 0 aromatic heterocycles. The minimum Gasteiger partial charge on any atom is -0.336 e. The Morgan fingerprint density at radius 2 is 1.44 bits per heavy atom. The molecule has 0 fully saturated rings. The molecule has 0 aliphatic heterocycles. The number of likely N-dealkylation sites (N-methyl/N-ethyl adjacent to an activating group) is 1. The summed E-state index contributed by atoms with van der Waals surface area (Å²) in [5, 5.41) is 0. The molecule has 27 heavy (non-hydrogen) atoms. The number of carbonyl (C=O) groups excluding carboxylic acids is 3. The van der Waals surface area contributed by atoms with E-state index < -0.39 is 6.04 Å². The molecule has 1 amide bonds. The van der Waals surface area contributed by atoms with E-state index in [0.29, 0.717) is 11.1 Å². The highest BCUT2D eigenvalue weighted by Crippen LogP contribution is 2.15. The molecular weight excluding hydrogens is 338 g/mol. The van der Waals surface area contributed by atoms with E-state index in [4.69, 9.17) is 0 Å². The number of hydrogen-bond acceptors (Lipinski definition) is 3. The molecule has 0 heterocycles. The van der Waals surface area contributed by atoms with E-state index >= 15 is 0 Å². The van der Waals surface area contributed by atoms with Crippen molar-refractivity contribution in [2.45, 2.75) is 46.6 Å². The van der Waals surface area contributed by atoms with Crippen molar-refractivity contribution in [3.8, 4) is 0 Å². The van der Waals surface area contributed by atoms with E-state index in [2.05, 4.69) is 0 Å². The molecule has 2 rings (SSSR count). The Labute approximate surface area is 161 Å². The summed E-state index contributed by atoms with van der Waals surface area (Å²) < 4.78 is 0. The second-order valence-electron chi connectivity index (χ2n) is 7.13. The third kappa shape index (κ3) is 5.13. The average molecular weight is 365 g/mol. The Bertz CT molecular complexity index is 852. The van der Waals surface area contributed by atoms with Crippen molar-refractivity contribution in [1.29, 1.82) is 0 Å². The first-order valence-electron chi connectivity index (χ1n) is 9.17. The fourth-order valence-electron chi connectivity index (χ4n) is 2.81. The summed E-state index contributed by atoms with van der Waals surface area (Å²) in [6, 6.07) is 12.3. The van der Waals surface area contributed by atoms with Crippen molar-refractivity contribution in [2.75, 3.05) is 7.05 Å². The van der Waals surface area contributed by atoms with Crippen LogP contribution in [0.4, 0.5) is 0 Å². The van der Waals surface area contributed by atoms with E-state index in [-0.39, 0.29) is 30.3 Å². The first-order valence-corrected chi connectivity index (χ1v) is 9.17. The zero-order valence-corrected chi connectivity index (χ0v) is 16.7. The number of Topliss-reactive ketones (excluding diaryl/α,β-unsaturated/α-hetero) is 2. The number of aryl methyl sites for hydroxylation is 3. The van der Waals surface area contributed by atoms with Gasteiger partial charge in [-0.3, -0.25) is 14.4 Å². The maximum Gasteiger partial charge on any atom is 0.223 e. The van der Waals surface area contributed by atoms with Crippen LogP contribution in [0.25, 0.3) is 0 Å². The lowest BCUT2D eigenvalue weighted by atomic mass is 9.99. The number of amides is 1. The summed E-state index contributed by atoms with van der Waals surface area (Å²) in [6.45, 7) is 7.63. The van der Waals surface area contributed by atoms with Crippen LogP contribution in [0.2, 0.25) is 0 Å². The summed E-state index contributed by atoms with van der Waals surface area (Å²) in [4.78, 5) is 38.8. The van der Waals surface area contributed by atoms with Gasteiger partial charge in [-0.05, 0) is 44.9 Å². The lowest BCUT2D eigenvalue weighted by Gasteiger charge is -2.24. The SMILES string of the molecule is Cc1ccc(C(=O)CCC(=O)N(C)C(C)C(=O)c2ccc(C)c(C)c2)cc1. The predicted octanol–water partition coefficient (Wildman–Crippen LogP) is 4.30. The lowest BCUT2D eigenvalue weighted by Crippen LogP contribution is -2.40. The van der Waals surface area contributed by atoms with Crippen LogP contribution in [0.15, 0.2) is 42.5 Å². The van der Waals surface area contributed by atoms with Gasteiger partial charge in [0.25, 0.3) is 0 Å². The Kier molecular flexibility index (Phi) is 6.67. The van der Waals surface area contributed by atoms with Gasteiger partial charge >= 0.3 is 0 Å². The smallest absolute Gasteiger partial charge is 0.223 e. The molecule has 0 N–H and O–H groups in total. The molecule has 0 aliphatic carbocycles. The molecule has 142 valence electrons. The zero-order valence-electron chi connectivity index (χ0n) is 16.7. The van der Waals surface area contributed by atoms with E-state index in [9.17, 15) is 14.4 Å². The van der Waals surface area contributed by atoms with Gasteiger partial charge in [0, 0.05) is 31.0 Å². The Hall–Kier alpha value is -2.75. The first-order chi connectivity index (χ1) is 12.7. The summed E-state index contributed by atoms with van der Waals surface area (Å²) in [5.74, 6) is -0.371. The molecule has 2 aromatic rings. The van der Waals surface area contributed by atoms with Crippen LogP contribution in [-0.4, -0.2) is 35.5 Å². The fourth-order valence-corrected chi connectivity index (χ4v) is 2.81. The van der Waals surface area contributed by atoms with E-state index in [1.807, 2.05) is 45.0 Å². The zero-order chi connectivity index (χ0) is 20.1. The molecule has 0 saturated heterocycles. The largest absolute Gasteiger partial charge is 0.336 e. The fraction of sp³-hybridized carbons (Fsp3) is 0.348. The molecule has 1 atom stereocenters. The summed E-state index contributed by atoms with van der Waals surface area (Å²) in [6.07, 6.45) is 0.227. The monoisotopic (exact) mass is 365 g/mol. The van der Waals surface area contributed by atoms with E-state index in [0.717, 1.165) is 16.7 Å². The number of nitrogens with zero attached hydrogens (tertiary/aromatic N) is 1. The van der Waals surface area contributed by atoms with E-state index in [1.54, 1.807) is 32.2 Å². The minimum absolute atomic E-state index is 0.0649. The summed E-state index contributed by atoms with van der Waals surface area (Å²) >= 11 is 0. The average Bonchev–Trinajstić information content (AvgIpc) is 2.66. The maximum absolute atomic E-state index is 12.7. The topological polar surface area (TPSA) is 54.5 Å². The van der Waals surface area contributed by atoms with Crippen LogP contribution in [-0.2, 0) is 4.79 Å². The Morgan fingerprint density at radius 3 is 2.04 bits per heavy atom. The van der Waals surface area contributed by atoms with Gasteiger partial charge in [-0.25, -0.2) is 0 Å². The van der Waals surface area contributed by atoms with Crippen LogP contribution < -0.4 is 0 Å². The second kappa shape index (κ2) is 8.76. The predicted molar refractivity (Wildman–Crippen MR) is 107 cm³/mol. The van der Waals surface area contributed by atoms with Crippen molar-refractivity contribution in [2.24, 2.45) is 0 Å². The molecule has 2 aromatic carbocycles. The molecule has 4 heteroatoms. The minimum atomic E-state index is -0.575. The summed E-state index contributed by atoms with van der Waals surface area (Å²) in [7, 11) is 1.61. The number of rotatable bonds is 7. The van der Waals surface area contributed by atoms with Gasteiger partial charge in [0.1, 0.15) is 0 Å². The first kappa shape index (κ1) is 20.6.